The summed E-state index contributed by atoms with van der Waals surface area (Å²) >= 11 is 0. The number of rotatable bonds is 2. The van der Waals surface area contributed by atoms with E-state index in [4.69, 9.17) is 0 Å². The molecule has 0 saturated heterocycles. The first-order valence-electron chi connectivity index (χ1n) is 6.31. The molecule has 1 atom stereocenters. The van der Waals surface area contributed by atoms with Crippen LogP contribution in [0.3, 0.4) is 0 Å². The van der Waals surface area contributed by atoms with Gasteiger partial charge in [-0.05, 0) is 42.9 Å². The van der Waals surface area contributed by atoms with Crippen LogP contribution in [0.25, 0.3) is 0 Å². The van der Waals surface area contributed by atoms with E-state index in [0.717, 1.165) is 37.5 Å². The molecule has 1 saturated carbocycles. The smallest absolute Gasteiger partial charge is 0.380 e. The van der Waals surface area contributed by atoms with Gasteiger partial charge in [-0.3, -0.25) is 0 Å². The van der Waals surface area contributed by atoms with Crippen molar-refractivity contribution in [3.8, 4) is 0 Å². The van der Waals surface area contributed by atoms with Crippen molar-refractivity contribution in [3.05, 3.63) is 29.6 Å². The molecule has 1 aliphatic rings. The van der Waals surface area contributed by atoms with Crippen molar-refractivity contribution in [2.24, 2.45) is 5.41 Å². The zero-order valence-electron chi connectivity index (χ0n) is 10.9. The van der Waals surface area contributed by atoms with Gasteiger partial charge in [-0.1, -0.05) is 13.8 Å². The molecule has 2 rings (SSSR count). The number of hydrogen-bond donors (Lipinski definition) is 1. The highest BCUT2D eigenvalue weighted by molar-refractivity contribution is 5.49. The maximum Gasteiger partial charge on any atom is 0.416 e. The molecule has 1 aromatic rings. The Labute approximate surface area is 110 Å². The van der Waals surface area contributed by atoms with Crippen molar-refractivity contribution in [1.82, 2.24) is 0 Å². The highest BCUT2D eigenvalue weighted by atomic mass is 19.4. The number of halogens is 4. The van der Waals surface area contributed by atoms with E-state index in [1.54, 1.807) is 0 Å². The molecule has 5 heteroatoms. The molecule has 19 heavy (non-hydrogen) atoms. The summed E-state index contributed by atoms with van der Waals surface area (Å²) in [5, 5.41) is 2.90. The molecule has 106 valence electrons. The van der Waals surface area contributed by atoms with E-state index in [2.05, 4.69) is 19.2 Å². The average Bonchev–Trinajstić information content (AvgIpc) is 2.60. The molecule has 1 unspecified atom stereocenters. The Balaban J connectivity index is 2.16. The van der Waals surface area contributed by atoms with Crippen LogP contribution >= 0.6 is 0 Å². The van der Waals surface area contributed by atoms with Gasteiger partial charge < -0.3 is 5.32 Å². The maximum atomic E-state index is 13.6. The summed E-state index contributed by atoms with van der Waals surface area (Å²) in [5.74, 6) is -0.641. The Hall–Kier alpha value is -1.26. The second-order valence-corrected chi connectivity index (χ2v) is 5.94. The summed E-state index contributed by atoms with van der Waals surface area (Å²) in [7, 11) is 0. The summed E-state index contributed by atoms with van der Waals surface area (Å²) in [5.41, 5.74) is -0.721. The predicted octanol–water partition coefficient (Wildman–Crippen LogP) is 4.84. The molecule has 0 aliphatic heterocycles. The minimum atomic E-state index is -4.45. The van der Waals surface area contributed by atoms with Crippen molar-refractivity contribution in [2.45, 2.75) is 45.3 Å². The quantitative estimate of drug-likeness (QED) is 0.762. The predicted molar refractivity (Wildman–Crippen MR) is 66.4 cm³/mol. The zero-order chi connectivity index (χ0) is 14.3. The Morgan fingerprint density at radius 3 is 2.47 bits per heavy atom. The highest BCUT2D eigenvalue weighted by Crippen LogP contribution is 2.39. The van der Waals surface area contributed by atoms with E-state index < -0.39 is 17.6 Å². The van der Waals surface area contributed by atoms with Crippen molar-refractivity contribution < 1.29 is 17.6 Å². The Morgan fingerprint density at radius 2 is 1.95 bits per heavy atom. The second-order valence-electron chi connectivity index (χ2n) is 5.94. The van der Waals surface area contributed by atoms with E-state index in [-0.39, 0.29) is 17.1 Å². The van der Waals surface area contributed by atoms with Gasteiger partial charge in [-0.25, -0.2) is 4.39 Å². The van der Waals surface area contributed by atoms with Crippen molar-refractivity contribution in [2.75, 3.05) is 5.32 Å². The van der Waals surface area contributed by atoms with Crippen LogP contribution < -0.4 is 5.32 Å². The fourth-order valence-electron chi connectivity index (χ4n) is 2.59. The van der Waals surface area contributed by atoms with Crippen LogP contribution in [-0.4, -0.2) is 6.04 Å². The van der Waals surface area contributed by atoms with Crippen LogP contribution in [0, 0.1) is 11.2 Å². The SMILES string of the molecule is CC1(C)CCC(Nc2cc(C(F)(F)F)ccc2F)C1. The Bertz CT molecular complexity index is 465. The molecule has 0 bridgehead atoms. The largest absolute Gasteiger partial charge is 0.416 e. The lowest BCUT2D eigenvalue weighted by atomic mass is 9.92. The lowest BCUT2D eigenvalue weighted by Gasteiger charge is -2.19. The van der Waals surface area contributed by atoms with Gasteiger partial charge in [-0.15, -0.1) is 0 Å². The van der Waals surface area contributed by atoms with Crippen LogP contribution in [0.1, 0.15) is 38.7 Å². The summed E-state index contributed by atoms with van der Waals surface area (Å²) in [4.78, 5) is 0. The fourth-order valence-corrected chi connectivity index (χ4v) is 2.59. The Morgan fingerprint density at radius 1 is 1.26 bits per heavy atom. The van der Waals surface area contributed by atoms with Gasteiger partial charge in [0.1, 0.15) is 5.82 Å². The topological polar surface area (TPSA) is 12.0 Å². The van der Waals surface area contributed by atoms with E-state index >= 15 is 0 Å². The van der Waals surface area contributed by atoms with E-state index in [1.807, 2.05) is 0 Å². The van der Waals surface area contributed by atoms with Crippen molar-refractivity contribution in [1.29, 1.82) is 0 Å². The first kappa shape index (κ1) is 14.2. The number of anilines is 1. The van der Waals surface area contributed by atoms with Crippen LogP contribution in [0.4, 0.5) is 23.2 Å². The summed E-state index contributed by atoms with van der Waals surface area (Å²) < 4.78 is 51.3. The van der Waals surface area contributed by atoms with Gasteiger partial charge in [0.15, 0.2) is 0 Å². The lowest BCUT2D eigenvalue weighted by Crippen LogP contribution is -2.19. The van der Waals surface area contributed by atoms with E-state index in [1.165, 1.54) is 0 Å². The molecule has 0 amide bonds. The van der Waals surface area contributed by atoms with E-state index in [9.17, 15) is 17.6 Å². The monoisotopic (exact) mass is 275 g/mol. The lowest BCUT2D eigenvalue weighted by molar-refractivity contribution is -0.137. The van der Waals surface area contributed by atoms with Gasteiger partial charge >= 0.3 is 6.18 Å². The van der Waals surface area contributed by atoms with Crippen LogP contribution in [0.15, 0.2) is 18.2 Å². The average molecular weight is 275 g/mol. The highest BCUT2D eigenvalue weighted by Gasteiger charge is 2.33. The molecular formula is C14H17F4N. The van der Waals surface area contributed by atoms with Crippen molar-refractivity contribution >= 4 is 5.69 Å². The van der Waals surface area contributed by atoms with Gasteiger partial charge in [0, 0.05) is 6.04 Å². The summed E-state index contributed by atoms with van der Waals surface area (Å²) in [6, 6.07) is 2.51. The standard InChI is InChI=1S/C14H17F4N/c1-13(2)6-5-10(8-13)19-12-7-9(14(16,17)18)3-4-11(12)15/h3-4,7,10,19H,5-6,8H2,1-2H3. The molecule has 1 aromatic carbocycles. The van der Waals surface area contributed by atoms with Gasteiger partial charge in [0.2, 0.25) is 0 Å². The molecular weight excluding hydrogens is 258 g/mol. The van der Waals surface area contributed by atoms with E-state index in [0.29, 0.717) is 0 Å². The summed E-state index contributed by atoms with van der Waals surface area (Å²) in [6.45, 7) is 4.22. The van der Waals surface area contributed by atoms with Gasteiger partial charge in [-0.2, -0.15) is 13.2 Å². The molecule has 0 heterocycles. The van der Waals surface area contributed by atoms with Gasteiger partial charge in [0.25, 0.3) is 0 Å². The summed E-state index contributed by atoms with van der Waals surface area (Å²) in [6.07, 6.45) is -1.77. The third kappa shape index (κ3) is 3.39. The molecule has 0 radical (unpaired) electrons. The number of nitrogens with one attached hydrogen (secondary N) is 1. The zero-order valence-corrected chi connectivity index (χ0v) is 10.9. The normalized spacial score (nSPS) is 22.5. The second kappa shape index (κ2) is 4.69. The molecule has 1 fully saturated rings. The first-order chi connectivity index (χ1) is 8.67. The van der Waals surface area contributed by atoms with Crippen LogP contribution in [0.2, 0.25) is 0 Å². The maximum absolute atomic E-state index is 13.6. The Kier molecular flexibility index (Phi) is 3.49. The minimum absolute atomic E-state index is 0.0352. The number of alkyl halides is 3. The first-order valence-corrected chi connectivity index (χ1v) is 6.31. The molecule has 0 spiro atoms. The van der Waals surface area contributed by atoms with Crippen molar-refractivity contribution in [3.63, 3.8) is 0 Å². The molecule has 0 aromatic heterocycles. The van der Waals surface area contributed by atoms with Crippen LogP contribution in [-0.2, 0) is 6.18 Å². The molecule has 1 N–H and O–H groups in total. The minimum Gasteiger partial charge on any atom is -0.380 e. The molecule has 1 nitrogen and oxygen atoms in total. The fraction of sp³-hybridized carbons (Fsp3) is 0.571. The third-order valence-corrected chi connectivity index (χ3v) is 3.62. The third-order valence-electron chi connectivity index (χ3n) is 3.62. The molecule has 1 aliphatic carbocycles. The number of hydrogen-bond acceptors (Lipinski definition) is 1. The number of benzene rings is 1. The van der Waals surface area contributed by atoms with Gasteiger partial charge in [0.05, 0.1) is 11.3 Å². The van der Waals surface area contributed by atoms with Crippen LogP contribution in [0.5, 0.6) is 0 Å².